The number of aromatic nitrogens is 2. The van der Waals surface area contributed by atoms with Crippen molar-refractivity contribution in [3.8, 4) is 0 Å². The summed E-state index contributed by atoms with van der Waals surface area (Å²) in [7, 11) is 0. The molecule has 0 bridgehead atoms. The zero-order chi connectivity index (χ0) is 15.4. The van der Waals surface area contributed by atoms with E-state index >= 15 is 0 Å². The minimum atomic E-state index is -0.0387. The van der Waals surface area contributed by atoms with Crippen LogP contribution in [-0.4, -0.2) is 58.2 Å². The predicted molar refractivity (Wildman–Crippen MR) is 84.1 cm³/mol. The second-order valence-corrected chi connectivity index (χ2v) is 6.11. The number of nitrogen functional groups attached to an aromatic ring is 1. The van der Waals surface area contributed by atoms with Crippen molar-refractivity contribution < 1.29 is 4.79 Å². The molecule has 1 aliphatic rings. The highest BCUT2D eigenvalue weighted by Gasteiger charge is 2.25. The van der Waals surface area contributed by atoms with Crippen LogP contribution < -0.4 is 5.73 Å². The predicted octanol–water partition coefficient (Wildman–Crippen LogP) is 1.29. The standard InChI is InChI=1S/C15H27N5O/c1-4-20-11-13(16)14(17-20)15(21)19-9-7-18(8-10-19)6-5-12(2)3/h11-12H,4-10,16H2,1-3H3. The first kappa shape index (κ1) is 15.8. The number of anilines is 1. The lowest BCUT2D eigenvalue weighted by molar-refractivity contribution is 0.0626. The van der Waals surface area contributed by atoms with Gasteiger partial charge in [-0.15, -0.1) is 0 Å². The lowest BCUT2D eigenvalue weighted by Crippen LogP contribution is -2.49. The van der Waals surface area contributed by atoms with E-state index in [4.69, 9.17) is 5.73 Å². The smallest absolute Gasteiger partial charge is 0.276 e. The molecule has 21 heavy (non-hydrogen) atoms. The van der Waals surface area contributed by atoms with Crippen LogP contribution in [0.1, 0.15) is 37.7 Å². The monoisotopic (exact) mass is 293 g/mol. The van der Waals surface area contributed by atoms with Gasteiger partial charge in [-0.25, -0.2) is 0 Å². The van der Waals surface area contributed by atoms with Gasteiger partial charge in [0.05, 0.1) is 5.69 Å². The van der Waals surface area contributed by atoms with Gasteiger partial charge in [-0.2, -0.15) is 5.10 Å². The number of carbonyl (C=O) groups is 1. The van der Waals surface area contributed by atoms with E-state index in [0.717, 1.165) is 45.2 Å². The third kappa shape index (κ3) is 3.97. The molecule has 1 aromatic heterocycles. The first-order chi connectivity index (χ1) is 10.0. The molecule has 1 amide bonds. The molecule has 118 valence electrons. The van der Waals surface area contributed by atoms with Crippen molar-refractivity contribution in [2.24, 2.45) is 5.92 Å². The number of aryl methyl sites for hydroxylation is 1. The summed E-state index contributed by atoms with van der Waals surface area (Å²) >= 11 is 0. The molecule has 6 heteroatoms. The third-order valence-electron chi connectivity index (χ3n) is 4.00. The number of nitrogens with two attached hydrogens (primary N) is 1. The fourth-order valence-corrected chi connectivity index (χ4v) is 2.53. The van der Waals surface area contributed by atoms with Gasteiger partial charge in [0.15, 0.2) is 5.69 Å². The Labute approximate surface area is 126 Å². The molecular formula is C15H27N5O. The molecule has 2 rings (SSSR count). The molecule has 1 fully saturated rings. The lowest BCUT2D eigenvalue weighted by atomic mass is 10.1. The average molecular weight is 293 g/mol. The normalized spacial score (nSPS) is 16.7. The van der Waals surface area contributed by atoms with Crippen molar-refractivity contribution in [3.63, 3.8) is 0 Å². The number of piperazine rings is 1. The molecule has 1 saturated heterocycles. The molecule has 0 aromatic carbocycles. The van der Waals surface area contributed by atoms with Gasteiger partial charge >= 0.3 is 0 Å². The van der Waals surface area contributed by atoms with Crippen LogP contribution in [0.2, 0.25) is 0 Å². The Morgan fingerprint density at radius 1 is 1.33 bits per heavy atom. The maximum atomic E-state index is 12.5. The summed E-state index contributed by atoms with van der Waals surface area (Å²) in [4.78, 5) is 16.8. The van der Waals surface area contributed by atoms with Crippen LogP contribution in [0.15, 0.2) is 6.20 Å². The van der Waals surface area contributed by atoms with Gasteiger partial charge in [0.25, 0.3) is 5.91 Å². The Kier molecular flexibility index (Phi) is 5.22. The van der Waals surface area contributed by atoms with Crippen LogP contribution in [-0.2, 0) is 6.54 Å². The fraction of sp³-hybridized carbons (Fsp3) is 0.733. The highest BCUT2D eigenvalue weighted by atomic mass is 16.2. The number of rotatable bonds is 5. The largest absolute Gasteiger partial charge is 0.396 e. The summed E-state index contributed by atoms with van der Waals surface area (Å²) < 4.78 is 1.71. The van der Waals surface area contributed by atoms with Gasteiger partial charge in [0, 0.05) is 38.9 Å². The SMILES string of the molecule is CCn1cc(N)c(C(=O)N2CCN(CCC(C)C)CC2)n1. The number of amides is 1. The van der Waals surface area contributed by atoms with E-state index in [0.29, 0.717) is 11.4 Å². The minimum absolute atomic E-state index is 0.0387. The highest BCUT2D eigenvalue weighted by Crippen LogP contribution is 2.14. The Hall–Kier alpha value is -1.56. The molecule has 2 N–H and O–H groups in total. The van der Waals surface area contributed by atoms with Crippen molar-refractivity contribution in [2.75, 3.05) is 38.5 Å². The van der Waals surface area contributed by atoms with E-state index in [1.54, 1.807) is 10.9 Å². The van der Waals surface area contributed by atoms with E-state index in [1.807, 2.05) is 11.8 Å². The molecule has 1 aliphatic heterocycles. The highest BCUT2D eigenvalue weighted by molar-refractivity contribution is 5.97. The van der Waals surface area contributed by atoms with E-state index in [1.165, 1.54) is 6.42 Å². The van der Waals surface area contributed by atoms with Crippen LogP contribution in [0.5, 0.6) is 0 Å². The van der Waals surface area contributed by atoms with Crippen LogP contribution >= 0.6 is 0 Å². The first-order valence-electron chi connectivity index (χ1n) is 7.85. The maximum Gasteiger partial charge on any atom is 0.276 e. The van der Waals surface area contributed by atoms with Gasteiger partial charge < -0.3 is 10.6 Å². The second-order valence-electron chi connectivity index (χ2n) is 6.11. The Balaban J connectivity index is 1.89. The minimum Gasteiger partial charge on any atom is -0.396 e. The quantitative estimate of drug-likeness (QED) is 0.888. The third-order valence-corrected chi connectivity index (χ3v) is 4.00. The molecule has 0 spiro atoms. The van der Waals surface area contributed by atoms with Crippen LogP contribution in [0.4, 0.5) is 5.69 Å². The van der Waals surface area contributed by atoms with E-state index in [-0.39, 0.29) is 5.91 Å². The fourth-order valence-electron chi connectivity index (χ4n) is 2.53. The van der Waals surface area contributed by atoms with E-state index < -0.39 is 0 Å². The number of hydrogen-bond donors (Lipinski definition) is 1. The molecule has 0 aliphatic carbocycles. The summed E-state index contributed by atoms with van der Waals surface area (Å²) in [6.07, 6.45) is 2.94. The van der Waals surface area contributed by atoms with Gasteiger partial charge in [0.2, 0.25) is 0 Å². The summed E-state index contributed by atoms with van der Waals surface area (Å²) in [6.45, 7) is 11.7. The number of hydrogen-bond acceptors (Lipinski definition) is 4. The molecule has 0 unspecified atom stereocenters. The molecule has 2 heterocycles. The van der Waals surface area contributed by atoms with Crippen molar-refractivity contribution in [1.82, 2.24) is 19.6 Å². The summed E-state index contributed by atoms with van der Waals surface area (Å²) in [5.74, 6) is 0.686. The lowest BCUT2D eigenvalue weighted by Gasteiger charge is -2.34. The van der Waals surface area contributed by atoms with Crippen molar-refractivity contribution in [3.05, 3.63) is 11.9 Å². The molecule has 0 saturated carbocycles. The summed E-state index contributed by atoms with van der Waals surface area (Å²) in [5, 5.41) is 4.27. The zero-order valence-electron chi connectivity index (χ0n) is 13.4. The Morgan fingerprint density at radius 3 is 2.52 bits per heavy atom. The maximum absolute atomic E-state index is 12.5. The van der Waals surface area contributed by atoms with Crippen LogP contribution in [0.3, 0.4) is 0 Å². The van der Waals surface area contributed by atoms with Crippen LogP contribution in [0.25, 0.3) is 0 Å². The first-order valence-corrected chi connectivity index (χ1v) is 7.85. The topological polar surface area (TPSA) is 67.4 Å². The molecule has 1 aromatic rings. The van der Waals surface area contributed by atoms with Gasteiger partial charge in [-0.05, 0) is 25.8 Å². The number of carbonyl (C=O) groups excluding carboxylic acids is 1. The van der Waals surface area contributed by atoms with Crippen molar-refractivity contribution in [2.45, 2.75) is 33.7 Å². The molecule has 0 radical (unpaired) electrons. The summed E-state index contributed by atoms with van der Waals surface area (Å²) in [5.41, 5.74) is 6.76. The van der Waals surface area contributed by atoms with E-state index in [9.17, 15) is 4.79 Å². The van der Waals surface area contributed by atoms with Crippen LogP contribution in [0, 0.1) is 5.92 Å². The zero-order valence-corrected chi connectivity index (χ0v) is 13.4. The van der Waals surface area contributed by atoms with Gasteiger partial charge in [0.1, 0.15) is 0 Å². The second kappa shape index (κ2) is 6.93. The molecular weight excluding hydrogens is 266 g/mol. The Morgan fingerprint density at radius 2 is 2.00 bits per heavy atom. The molecule has 6 nitrogen and oxygen atoms in total. The summed E-state index contributed by atoms with van der Waals surface area (Å²) in [6, 6.07) is 0. The van der Waals surface area contributed by atoms with Crippen molar-refractivity contribution >= 4 is 11.6 Å². The van der Waals surface area contributed by atoms with E-state index in [2.05, 4.69) is 23.8 Å². The average Bonchev–Trinajstić information content (AvgIpc) is 2.86. The van der Waals surface area contributed by atoms with Crippen molar-refractivity contribution in [1.29, 1.82) is 0 Å². The van der Waals surface area contributed by atoms with Gasteiger partial charge in [-0.3, -0.25) is 14.4 Å². The van der Waals surface area contributed by atoms with Gasteiger partial charge in [-0.1, -0.05) is 13.8 Å². The number of nitrogens with zero attached hydrogens (tertiary/aromatic N) is 4. The Bertz CT molecular complexity index is 474. The molecule has 0 atom stereocenters.